The molecule has 0 amide bonds. The molecule has 0 heterocycles. The fraction of sp³-hybridized carbons (Fsp3) is 0.588. The molecule has 0 radical (unpaired) electrons. The molecular formula is C17H27NO2. The number of hydrogen-bond acceptors (Lipinski definition) is 3. The van der Waals surface area contributed by atoms with E-state index >= 15 is 0 Å². The Morgan fingerprint density at radius 3 is 2.80 bits per heavy atom. The number of anilines is 1. The van der Waals surface area contributed by atoms with E-state index in [0.717, 1.165) is 24.1 Å². The van der Waals surface area contributed by atoms with Gasteiger partial charge < -0.3 is 10.5 Å². The topological polar surface area (TPSA) is 52.3 Å². The predicted octanol–water partition coefficient (Wildman–Crippen LogP) is 4.10. The van der Waals surface area contributed by atoms with Crippen LogP contribution in [0.25, 0.3) is 0 Å². The van der Waals surface area contributed by atoms with Crippen LogP contribution in [-0.2, 0) is 16.0 Å². The van der Waals surface area contributed by atoms with Crippen molar-refractivity contribution in [1.82, 2.24) is 0 Å². The Labute approximate surface area is 122 Å². The van der Waals surface area contributed by atoms with Gasteiger partial charge in [-0.3, -0.25) is 4.79 Å². The van der Waals surface area contributed by atoms with Gasteiger partial charge in [-0.25, -0.2) is 0 Å². The van der Waals surface area contributed by atoms with Gasteiger partial charge >= 0.3 is 5.97 Å². The molecule has 2 N–H and O–H groups in total. The Hall–Kier alpha value is -1.51. The van der Waals surface area contributed by atoms with E-state index in [1.807, 2.05) is 31.2 Å². The van der Waals surface area contributed by atoms with Gasteiger partial charge in [-0.05, 0) is 43.9 Å². The van der Waals surface area contributed by atoms with Crippen LogP contribution in [0.15, 0.2) is 24.3 Å². The smallest absolute Gasteiger partial charge is 0.306 e. The molecule has 1 aromatic rings. The van der Waals surface area contributed by atoms with Gasteiger partial charge in [0.05, 0.1) is 6.10 Å². The summed E-state index contributed by atoms with van der Waals surface area (Å²) in [5.74, 6) is -0.115. The largest absolute Gasteiger partial charge is 0.463 e. The molecule has 0 saturated carbocycles. The lowest BCUT2D eigenvalue weighted by Gasteiger charge is -2.13. The summed E-state index contributed by atoms with van der Waals surface area (Å²) in [5, 5.41) is 0. The average molecular weight is 277 g/mol. The van der Waals surface area contributed by atoms with Crippen molar-refractivity contribution < 1.29 is 9.53 Å². The zero-order valence-corrected chi connectivity index (χ0v) is 12.7. The molecule has 3 nitrogen and oxygen atoms in total. The van der Waals surface area contributed by atoms with E-state index in [9.17, 15) is 4.79 Å². The Morgan fingerprint density at radius 2 is 2.10 bits per heavy atom. The van der Waals surface area contributed by atoms with Gasteiger partial charge in [0.1, 0.15) is 0 Å². The third-order valence-electron chi connectivity index (χ3n) is 3.37. The molecule has 112 valence electrons. The van der Waals surface area contributed by atoms with Gasteiger partial charge in [-0.1, -0.05) is 38.3 Å². The van der Waals surface area contributed by atoms with Crippen LogP contribution < -0.4 is 5.73 Å². The lowest BCUT2D eigenvalue weighted by Crippen LogP contribution is -2.15. The number of benzene rings is 1. The molecule has 1 aromatic carbocycles. The normalized spacial score (nSPS) is 12.1. The highest BCUT2D eigenvalue weighted by Gasteiger charge is 2.09. The van der Waals surface area contributed by atoms with Crippen molar-refractivity contribution in [2.45, 2.75) is 64.9 Å². The summed E-state index contributed by atoms with van der Waals surface area (Å²) in [4.78, 5) is 11.7. The minimum atomic E-state index is -0.115. The number of unbranched alkanes of at least 4 members (excludes halogenated alkanes) is 3. The van der Waals surface area contributed by atoms with Crippen LogP contribution in [-0.4, -0.2) is 12.1 Å². The second-order valence-electron chi connectivity index (χ2n) is 5.39. The Morgan fingerprint density at radius 1 is 1.30 bits per heavy atom. The fourth-order valence-electron chi connectivity index (χ4n) is 2.20. The first-order valence-corrected chi connectivity index (χ1v) is 7.65. The summed E-state index contributed by atoms with van der Waals surface area (Å²) in [6, 6.07) is 7.64. The second kappa shape index (κ2) is 9.40. The third kappa shape index (κ3) is 7.17. The van der Waals surface area contributed by atoms with Gasteiger partial charge in [0.15, 0.2) is 0 Å². The molecule has 1 rings (SSSR count). The zero-order valence-electron chi connectivity index (χ0n) is 12.7. The molecule has 0 spiro atoms. The highest BCUT2D eigenvalue weighted by Crippen LogP contribution is 2.11. The summed E-state index contributed by atoms with van der Waals surface area (Å²) < 4.78 is 5.41. The monoisotopic (exact) mass is 277 g/mol. The van der Waals surface area contributed by atoms with Gasteiger partial charge in [-0.15, -0.1) is 0 Å². The van der Waals surface area contributed by atoms with Crippen LogP contribution in [0.5, 0.6) is 0 Å². The van der Waals surface area contributed by atoms with Crippen molar-refractivity contribution in [2.75, 3.05) is 5.73 Å². The third-order valence-corrected chi connectivity index (χ3v) is 3.37. The van der Waals surface area contributed by atoms with Gasteiger partial charge in [-0.2, -0.15) is 0 Å². The first kappa shape index (κ1) is 16.5. The van der Waals surface area contributed by atoms with E-state index in [-0.39, 0.29) is 12.1 Å². The van der Waals surface area contributed by atoms with E-state index in [1.54, 1.807) is 0 Å². The molecule has 0 aliphatic heterocycles. The van der Waals surface area contributed by atoms with Gasteiger partial charge in [0.2, 0.25) is 0 Å². The molecule has 0 fully saturated rings. The maximum atomic E-state index is 11.7. The minimum absolute atomic E-state index is 0.0280. The van der Waals surface area contributed by atoms with E-state index in [2.05, 4.69) is 6.92 Å². The number of nitrogens with two attached hydrogens (primary N) is 1. The van der Waals surface area contributed by atoms with Crippen LogP contribution >= 0.6 is 0 Å². The Balaban J connectivity index is 2.19. The first-order valence-electron chi connectivity index (χ1n) is 7.65. The molecule has 20 heavy (non-hydrogen) atoms. The Kier molecular flexibility index (Phi) is 7.78. The highest BCUT2D eigenvalue weighted by atomic mass is 16.5. The van der Waals surface area contributed by atoms with Crippen LogP contribution in [0.2, 0.25) is 0 Å². The van der Waals surface area contributed by atoms with E-state index in [4.69, 9.17) is 10.5 Å². The number of nitrogen functional groups attached to an aromatic ring is 1. The molecule has 0 aromatic heterocycles. The minimum Gasteiger partial charge on any atom is -0.463 e. The summed E-state index contributed by atoms with van der Waals surface area (Å²) in [6.45, 7) is 4.17. The molecule has 1 atom stereocenters. The quantitative estimate of drug-likeness (QED) is 0.420. The molecule has 3 heteroatoms. The molecule has 0 bridgehead atoms. The van der Waals surface area contributed by atoms with Crippen molar-refractivity contribution >= 4 is 11.7 Å². The number of esters is 1. The maximum absolute atomic E-state index is 11.7. The van der Waals surface area contributed by atoms with Crippen molar-refractivity contribution in [1.29, 1.82) is 0 Å². The lowest BCUT2D eigenvalue weighted by atomic mass is 10.1. The molecule has 0 saturated heterocycles. The SMILES string of the molecule is CCCCCCC(C)OC(=O)CCc1cccc(N)c1. The van der Waals surface area contributed by atoms with Crippen LogP contribution in [0.1, 0.15) is 57.9 Å². The van der Waals surface area contributed by atoms with E-state index in [1.165, 1.54) is 19.3 Å². The maximum Gasteiger partial charge on any atom is 0.306 e. The van der Waals surface area contributed by atoms with E-state index in [0.29, 0.717) is 12.8 Å². The van der Waals surface area contributed by atoms with Crippen molar-refractivity contribution in [2.24, 2.45) is 0 Å². The van der Waals surface area contributed by atoms with Crippen LogP contribution in [0, 0.1) is 0 Å². The molecular weight excluding hydrogens is 250 g/mol. The number of hydrogen-bond donors (Lipinski definition) is 1. The van der Waals surface area contributed by atoms with Crippen molar-refractivity contribution in [3.05, 3.63) is 29.8 Å². The van der Waals surface area contributed by atoms with Gasteiger partial charge in [0.25, 0.3) is 0 Å². The Bertz CT molecular complexity index is 404. The number of carbonyl (C=O) groups is 1. The van der Waals surface area contributed by atoms with Crippen LogP contribution in [0.3, 0.4) is 0 Å². The van der Waals surface area contributed by atoms with Crippen LogP contribution in [0.4, 0.5) is 5.69 Å². The average Bonchev–Trinajstić information content (AvgIpc) is 2.41. The van der Waals surface area contributed by atoms with E-state index < -0.39 is 0 Å². The first-order chi connectivity index (χ1) is 9.61. The van der Waals surface area contributed by atoms with Gasteiger partial charge in [0, 0.05) is 12.1 Å². The summed E-state index contributed by atoms with van der Waals surface area (Å²) >= 11 is 0. The summed E-state index contributed by atoms with van der Waals surface area (Å²) in [7, 11) is 0. The standard InChI is InChI=1S/C17H27NO2/c1-3-4-5-6-8-14(2)20-17(19)12-11-15-9-7-10-16(18)13-15/h7,9-10,13-14H,3-6,8,11-12,18H2,1-2H3. The number of ether oxygens (including phenoxy) is 1. The lowest BCUT2D eigenvalue weighted by molar-refractivity contribution is -0.148. The van der Waals surface area contributed by atoms with Crippen molar-refractivity contribution in [3.63, 3.8) is 0 Å². The summed E-state index contributed by atoms with van der Waals surface area (Å²) in [5.41, 5.74) is 7.53. The predicted molar refractivity (Wildman–Crippen MR) is 83.5 cm³/mol. The molecule has 1 unspecified atom stereocenters. The number of carbonyl (C=O) groups excluding carboxylic acids is 1. The zero-order chi connectivity index (χ0) is 14.8. The fourth-order valence-corrected chi connectivity index (χ4v) is 2.20. The highest BCUT2D eigenvalue weighted by molar-refractivity contribution is 5.70. The number of aryl methyl sites for hydroxylation is 1. The number of rotatable bonds is 9. The molecule has 0 aliphatic rings. The molecule has 0 aliphatic carbocycles. The van der Waals surface area contributed by atoms with Crippen molar-refractivity contribution in [3.8, 4) is 0 Å². The summed E-state index contributed by atoms with van der Waals surface area (Å²) in [6.07, 6.45) is 6.95. The second-order valence-corrected chi connectivity index (χ2v) is 5.39.